The molecule has 0 fully saturated rings. The maximum Gasteiger partial charge on any atom is 0.0234 e. The highest BCUT2D eigenvalue weighted by Crippen LogP contribution is 2.38. The second-order valence-electron chi connectivity index (χ2n) is 5.98. The van der Waals surface area contributed by atoms with E-state index in [0.29, 0.717) is 0 Å². The summed E-state index contributed by atoms with van der Waals surface area (Å²) in [5, 5.41) is 0.774. The monoisotopic (exact) mass is 352 g/mol. The van der Waals surface area contributed by atoms with Gasteiger partial charge >= 0.3 is 0 Å². The van der Waals surface area contributed by atoms with Crippen LogP contribution >= 0.6 is 33.2 Å². The summed E-state index contributed by atoms with van der Waals surface area (Å²) in [5.74, 6) is 2.92. The van der Waals surface area contributed by atoms with Gasteiger partial charge in [-0.2, -0.15) is 0 Å². The molecule has 0 aromatic rings. The van der Waals surface area contributed by atoms with Gasteiger partial charge in [-0.05, 0) is 25.2 Å². The van der Waals surface area contributed by atoms with Crippen LogP contribution in [0.1, 0.15) is 91.4 Å². The molecule has 0 spiro atoms. The van der Waals surface area contributed by atoms with Crippen LogP contribution in [0.2, 0.25) is 0 Å². The van der Waals surface area contributed by atoms with E-state index in [0.717, 1.165) is 17.0 Å². The van der Waals surface area contributed by atoms with Gasteiger partial charge in [0.2, 0.25) is 0 Å². The van der Waals surface area contributed by atoms with E-state index in [1.165, 1.54) is 76.4 Å². The van der Waals surface area contributed by atoms with Crippen LogP contribution in [0.25, 0.3) is 0 Å². The highest BCUT2D eigenvalue weighted by atomic mass is 35.5. The van der Waals surface area contributed by atoms with Gasteiger partial charge in [-0.25, -0.2) is 0 Å². The Bertz CT molecular complexity index is 188. The van der Waals surface area contributed by atoms with E-state index in [2.05, 4.69) is 31.6 Å². The van der Waals surface area contributed by atoms with E-state index in [4.69, 9.17) is 11.6 Å². The average molecular weight is 353 g/mol. The summed E-state index contributed by atoms with van der Waals surface area (Å²) in [7, 11) is 4.14. The lowest BCUT2D eigenvalue weighted by atomic mass is 9.90. The van der Waals surface area contributed by atoms with Crippen molar-refractivity contribution in [2.75, 3.05) is 11.6 Å². The lowest BCUT2D eigenvalue weighted by Gasteiger charge is -2.26. The first-order chi connectivity index (χ1) is 10.3. The van der Waals surface area contributed by atoms with Crippen molar-refractivity contribution in [2.45, 2.75) is 96.7 Å². The Morgan fingerprint density at radius 1 is 0.762 bits per heavy atom. The fraction of sp³-hybridized carbons (Fsp3) is 1.00. The third kappa shape index (κ3) is 13.2. The van der Waals surface area contributed by atoms with Gasteiger partial charge in [-0.3, -0.25) is 0 Å². The largest absolute Gasteiger partial charge is 0.127 e. The topological polar surface area (TPSA) is 0 Å². The normalized spacial score (nSPS) is 13.0. The number of hydrogen-bond donors (Lipinski definition) is 0. The van der Waals surface area contributed by atoms with Crippen molar-refractivity contribution in [1.29, 1.82) is 0 Å². The lowest BCUT2D eigenvalue weighted by molar-refractivity contribution is 0.390. The van der Waals surface area contributed by atoms with Crippen molar-refractivity contribution in [2.24, 2.45) is 5.92 Å². The summed E-state index contributed by atoms with van der Waals surface area (Å²) in [4.78, 5) is 0. The molecule has 3 heteroatoms. The van der Waals surface area contributed by atoms with E-state index in [1.807, 2.05) is 10.8 Å². The first-order valence-corrected chi connectivity index (χ1v) is 12.1. The number of hydrogen-bond acceptors (Lipinski definition) is 2. The van der Waals surface area contributed by atoms with Crippen molar-refractivity contribution >= 4 is 33.2 Å². The van der Waals surface area contributed by atoms with E-state index < -0.39 is 0 Å². The van der Waals surface area contributed by atoms with Crippen molar-refractivity contribution in [3.05, 3.63) is 0 Å². The Balaban J connectivity index is 4.25. The molecule has 0 aliphatic heterocycles. The predicted molar refractivity (Wildman–Crippen MR) is 106 cm³/mol. The third-order valence-corrected chi connectivity index (χ3v) is 7.40. The average Bonchev–Trinajstić information content (AvgIpc) is 2.50. The molecule has 0 heterocycles. The minimum absolute atomic E-state index is 0.774. The summed E-state index contributed by atoms with van der Waals surface area (Å²) >= 11 is 6.06. The Morgan fingerprint density at radius 3 is 1.76 bits per heavy atom. The van der Waals surface area contributed by atoms with Crippen LogP contribution in [0, 0.1) is 5.92 Å². The molecule has 0 aromatic carbocycles. The van der Waals surface area contributed by atoms with Gasteiger partial charge in [0.05, 0.1) is 0 Å². The highest BCUT2D eigenvalue weighted by Gasteiger charge is 2.21. The summed E-state index contributed by atoms with van der Waals surface area (Å²) < 4.78 is 0. The maximum atomic E-state index is 6.06. The van der Waals surface area contributed by atoms with E-state index in [1.54, 1.807) is 0 Å². The SMILES string of the molecule is CCCCCCC(CCCCCC)[C@H](CCCl)SSCC. The molecule has 0 unspecified atom stereocenters. The van der Waals surface area contributed by atoms with Crippen LogP contribution in [0.5, 0.6) is 0 Å². The molecule has 0 nitrogen and oxygen atoms in total. The van der Waals surface area contributed by atoms with Crippen LogP contribution < -0.4 is 0 Å². The standard InChI is InChI=1S/C18H37ClS2/c1-4-7-9-11-13-17(14-12-10-8-5-2)18(15-16-19)21-20-6-3/h17-18H,4-16H2,1-3H3/t18-/m0/s1. The third-order valence-electron chi connectivity index (χ3n) is 4.09. The zero-order chi connectivity index (χ0) is 15.8. The van der Waals surface area contributed by atoms with Crippen molar-refractivity contribution in [3.8, 4) is 0 Å². The summed E-state index contributed by atoms with van der Waals surface area (Å²) in [6.45, 7) is 6.85. The Morgan fingerprint density at radius 2 is 1.33 bits per heavy atom. The van der Waals surface area contributed by atoms with Crippen LogP contribution in [0.15, 0.2) is 0 Å². The quantitative estimate of drug-likeness (QED) is 0.157. The molecule has 1 atom stereocenters. The number of alkyl halides is 1. The van der Waals surface area contributed by atoms with Crippen LogP contribution in [-0.4, -0.2) is 16.9 Å². The Hall–Kier alpha value is 0.990. The summed E-state index contributed by atoms with van der Waals surface area (Å²) in [5.41, 5.74) is 0. The molecule has 0 radical (unpaired) electrons. The Labute approximate surface area is 147 Å². The maximum absolute atomic E-state index is 6.06. The molecular weight excluding hydrogens is 316 g/mol. The first-order valence-electron chi connectivity index (χ1n) is 9.14. The van der Waals surface area contributed by atoms with Crippen LogP contribution in [0.3, 0.4) is 0 Å². The molecule has 0 amide bonds. The van der Waals surface area contributed by atoms with E-state index >= 15 is 0 Å². The summed E-state index contributed by atoms with van der Waals surface area (Å²) in [6.07, 6.45) is 15.2. The second kappa shape index (κ2) is 17.3. The molecule has 128 valence electrons. The lowest BCUT2D eigenvalue weighted by Crippen LogP contribution is -2.18. The van der Waals surface area contributed by atoms with Crippen molar-refractivity contribution < 1.29 is 0 Å². The molecule has 0 rings (SSSR count). The predicted octanol–water partition coefficient (Wildman–Crippen LogP) is 7.94. The molecule has 0 aromatic heterocycles. The van der Waals surface area contributed by atoms with Crippen LogP contribution in [-0.2, 0) is 0 Å². The van der Waals surface area contributed by atoms with E-state index in [9.17, 15) is 0 Å². The fourth-order valence-corrected chi connectivity index (χ4v) is 5.82. The van der Waals surface area contributed by atoms with Crippen molar-refractivity contribution in [1.82, 2.24) is 0 Å². The summed E-state index contributed by atoms with van der Waals surface area (Å²) in [6, 6.07) is 0. The molecular formula is C18H37ClS2. The van der Waals surface area contributed by atoms with Gasteiger partial charge in [0.1, 0.15) is 0 Å². The molecule has 21 heavy (non-hydrogen) atoms. The molecule has 0 N–H and O–H groups in total. The molecule has 0 saturated carbocycles. The Kier molecular flexibility index (Phi) is 18.2. The fourth-order valence-electron chi connectivity index (χ4n) is 2.81. The molecule has 0 aliphatic carbocycles. The van der Waals surface area contributed by atoms with Gasteiger partial charge < -0.3 is 0 Å². The van der Waals surface area contributed by atoms with E-state index in [-0.39, 0.29) is 0 Å². The molecule has 0 saturated heterocycles. The van der Waals surface area contributed by atoms with Crippen molar-refractivity contribution in [3.63, 3.8) is 0 Å². The highest BCUT2D eigenvalue weighted by molar-refractivity contribution is 8.76. The number of rotatable bonds is 16. The molecule has 0 bridgehead atoms. The van der Waals surface area contributed by atoms with Gasteiger partial charge in [-0.15, -0.1) is 11.6 Å². The zero-order valence-electron chi connectivity index (χ0n) is 14.5. The minimum atomic E-state index is 0.774. The van der Waals surface area contributed by atoms with Gasteiger partial charge in [-0.1, -0.05) is 93.7 Å². The zero-order valence-corrected chi connectivity index (χ0v) is 16.9. The minimum Gasteiger partial charge on any atom is -0.127 e. The smallest absolute Gasteiger partial charge is 0.0234 e. The molecule has 0 aliphatic rings. The number of halogens is 1. The number of unbranched alkanes of at least 4 members (excludes halogenated alkanes) is 6. The van der Waals surface area contributed by atoms with Gasteiger partial charge in [0.15, 0.2) is 0 Å². The first kappa shape index (κ1) is 22.0. The van der Waals surface area contributed by atoms with Crippen LogP contribution in [0.4, 0.5) is 0 Å². The van der Waals surface area contributed by atoms with Gasteiger partial charge in [0, 0.05) is 16.9 Å². The van der Waals surface area contributed by atoms with Gasteiger partial charge in [0.25, 0.3) is 0 Å². The second-order valence-corrected chi connectivity index (χ2v) is 9.25.